The van der Waals surface area contributed by atoms with E-state index in [2.05, 4.69) is 42.2 Å². The van der Waals surface area contributed by atoms with Gasteiger partial charge in [0, 0.05) is 11.8 Å². The van der Waals surface area contributed by atoms with Gasteiger partial charge in [0.15, 0.2) is 0 Å². The molecular weight excluding hydrogens is 376 g/mol. The Bertz CT molecular complexity index is 617. The quantitative estimate of drug-likeness (QED) is 0.816. The highest BCUT2D eigenvalue weighted by atomic mass is 79.9. The molecular formula is C13H10Br2N2O2. The van der Waals surface area contributed by atoms with Crippen molar-refractivity contribution in [2.45, 2.75) is 0 Å². The van der Waals surface area contributed by atoms with E-state index in [9.17, 15) is 4.79 Å². The van der Waals surface area contributed by atoms with Gasteiger partial charge < -0.3 is 10.1 Å². The van der Waals surface area contributed by atoms with Crippen LogP contribution in [0.3, 0.4) is 0 Å². The van der Waals surface area contributed by atoms with Gasteiger partial charge in [0.05, 0.1) is 17.3 Å². The number of halogens is 2. The first-order valence-corrected chi connectivity index (χ1v) is 6.96. The maximum atomic E-state index is 12.1. The topological polar surface area (TPSA) is 51.2 Å². The van der Waals surface area contributed by atoms with E-state index >= 15 is 0 Å². The summed E-state index contributed by atoms with van der Waals surface area (Å²) in [7, 11) is 1.58. The highest BCUT2D eigenvalue weighted by Gasteiger charge is 2.10. The fourth-order valence-electron chi connectivity index (χ4n) is 1.48. The van der Waals surface area contributed by atoms with Gasteiger partial charge in [-0.05, 0) is 62.2 Å². The van der Waals surface area contributed by atoms with E-state index in [4.69, 9.17) is 4.74 Å². The van der Waals surface area contributed by atoms with Gasteiger partial charge >= 0.3 is 0 Å². The van der Waals surface area contributed by atoms with E-state index < -0.39 is 0 Å². The first-order valence-electron chi connectivity index (χ1n) is 5.37. The number of aromatic nitrogens is 1. The van der Waals surface area contributed by atoms with Crippen LogP contribution < -0.4 is 10.1 Å². The van der Waals surface area contributed by atoms with Crippen molar-refractivity contribution in [3.63, 3.8) is 0 Å². The molecule has 0 unspecified atom stereocenters. The minimum Gasteiger partial charge on any atom is -0.496 e. The van der Waals surface area contributed by atoms with Gasteiger partial charge in [-0.2, -0.15) is 0 Å². The lowest BCUT2D eigenvalue weighted by Gasteiger charge is -2.08. The Morgan fingerprint density at radius 2 is 2.11 bits per heavy atom. The summed E-state index contributed by atoms with van der Waals surface area (Å²) in [6.07, 6.45) is 1.64. The monoisotopic (exact) mass is 384 g/mol. The molecule has 19 heavy (non-hydrogen) atoms. The lowest BCUT2D eigenvalue weighted by molar-refractivity contribution is 0.102. The Balaban J connectivity index is 2.21. The number of ether oxygens (including phenoxy) is 1. The summed E-state index contributed by atoms with van der Waals surface area (Å²) < 4.78 is 6.44. The number of carbonyl (C=O) groups excluding carboxylic acids is 1. The number of benzene rings is 1. The molecule has 0 saturated carbocycles. The Labute approximate surface area is 127 Å². The number of rotatable bonds is 3. The molecule has 0 aliphatic heterocycles. The van der Waals surface area contributed by atoms with Crippen molar-refractivity contribution in [2.75, 3.05) is 12.4 Å². The lowest BCUT2D eigenvalue weighted by Crippen LogP contribution is -2.12. The molecule has 0 bridgehead atoms. The van der Waals surface area contributed by atoms with Crippen molar-refractivity contribution in [1.82, 2.24) is 4.98 Å². The Morgan fingerprint density at radius 1 is 1.32 bits per heavy atom. The molecule has 0 aliphatic carbocycles. The second-order valence-corrected chi connectivity index (χ2v) is 5.25. The number of amides is 1. The standard InChI is InChI=1S/C13H10Br2N2O2/c1-19-11-5-4-8(7-9(11)14)13(18)17-10-3-2-6-16-12(10)15/h2-7H,1H3,(H,17,18). The second-order valence-electron chi connectivity index (χ2n) is 3.65. The van der Waals surface area contributed by atoms with E-state index in [1.807, 2.05) is 0 Å². The highest BCUT2D eigenvalue weighted by Crippen LogP contribution is 2.26. The summed E-state index contributed by atoms with van der Waals surface area (Å²) in [6, 6.07) is 8.66. The van der Waals surface area contributed by atoms with Crippen LogP contribution in [0.2, 0.25) is 0 Å². The van der Waals surface area contributed by atoms with Crippen molar-refractivity contribution in [2.24, 2.45) is 0 Å². The smallest absolute Gasteiger partial charge is 0.255 e. The lowest BCUT2D eigenvalue weighted by atomic mass is 10.2. The molecule has 4 nitrogen and oxygen atoms in total. The van der Waals surface area contributed by atoms with Gasteiger partial charge in [0.25, 0.3) is 5.91 Å². The minimum absolute atomic E-state index is 0.211. The van der Waals surface area contributed by atoms with Crippen molar-refractivity contribution in [1.29, 1.82) is 0 Å². The number of nitrogens with zero attached hydrogens (tertiary/aromatic N) is 1. The molecule has 1 heterocycles. The van der Waals surface area contributed by atoms with Crippen LogP contribution >= 0.6 is 31.9 Å². The van der Waals surface area contributed by atoms with E-state index in [1.165, 1.54) is 0 Å². The van der Waals surface area contributed by atoms with Crippen LogP contribution in [0.1, 0.15) is 10.4 Å². The van der Waals surface area contributed by atoms with Gasteiger partial charge in [-0.1, -0.05) is 0 Å². The number of hydrogen-bond donors (Lipinski definition) is 1. The van der Waals surface area contributed by atoms with Crippen molar-refractivity contribution in [3.05, 3.63) is 51.2 Å². The second kappa shape index (κ2) is 6.16. The zero-order chi connectivity index (χ0) is 13.8. The van der Waals surface area contributed by atoms with Gasteiger partial charge in [-0.15, -0.1) is 0 Å². The summed E-state index contributed by atoms with van der Waals surface area (Å²) in [6.45, 7) is 0. The highest BCUT2D eigenvalue weighted by molar-refractivity contribution is 9.10. The zero-order valence-electron chi connectivity index (χ0n) is 9.98. The van der Waals surface area contributed by atoms with E-state index in [0.717, 1.165) is 4.47 Å². The number of hydrogen-bond acceptors (Lipinski definition) is 3. The van der Waals surface area contributed by atoms with Crippen LogP contribution in [-0.4, -0.2) is 18.0 Å². The SMILES string of the molecule is COc1ccc(C(=O)Nc2cccnc2Br)cc1Br. The normalized spacial score (nSPS) is 10.1. The molecule has 6 heteroatoms. The predicted octanol–water partition coefficient (Wildman–Crippen LogP) is 3.87. The molecule has 0 fully saturated rings. The molecule has 98 valence electrons. The third-order valence-electron chi connectivity index (χ3n) is 2.42. The minimum atomic E-state index is -0.211. The third-order valence-corrected chi connectivity index (χ3v) is 3.67. The number of anilines is 1. The number of pyridine rings is 1. The number of nitrogens with one attached hydrogen (secondary N) is 1. The molecule has 0 radical (unpaired) electrons. The van der Waals surface area contributed by atoms with Crippen LogP contribution in [0, 0.1) is 0 Å². The van der Waals surface area contributed by atoms with Crippen LogP contribution in [0.15, 0.2) is 45.6 Å². The number of carbonyl (C=O) groups is 1. The molecule has 0 aliphatic rings. The largest absolute Gasteiger partial charge is 0.496 e. The Hall–Kier alpha value is -1.40. The van der Waals surface area contributed by atoms with Crippen LogP contribution in [0.4, 0.5) is 5.69 Å². The van der Waals surface area contributed by atoms with Crippen LogP contribution in [0.25, 0.3) is 0 Å². The number of methoxy groups -OCH3 is 1. The van der Waals surface area contributed by atoms with Crippen molar-refractivity contribution >= 4 is 43.5 Å². The molecule has 1 aromatic heterocycles. The van der Waals surface area contributed by atoms with Gasteiger partial charge in [0.1, 0.15) is 10.4 Å². The molecule has 1 aromatic carbocycles. The van der Waals surface area contributed by atoms with E-state index in [-0.39, 0.29) is 5.91 Å². The van der Waals surface area contributed by atoms with E-state index in [1.54, 1.807) is 43.6 Å². The van der Waals surface area contributed by atoms with Gasteiger partial charge in [-0.3, -0.25) is 4.79 Å². The van der Waals surface area contributed by atoms with Crippen molar-refractivity contribution in [3.8, 4) is 5.75 Å². The first-order chi connectivity index (χ1) is 9.11. The predicted molar refractivity (Wildman–Crippen MR) is 80.6 cm³/mol. The molecule has 2 rings (SSSR count). The van der Waals surface area contributed by atoms with E-state index in [0.29, 0.717) is 21.6 Å². The fraction of sp³-hybridized carbons (Fsp3) is 0.0769. The molecule has 0 spiro atoms. The van der Waals surface area contributed by atoms with Crippen LogP contribution in [0.5, 0.6) is 5.75 Å². The van der Waals surface area contributed by atoms with Gasteiger partial charge in [-0.25, -0.2) is 4.98 Å². The summed E-state index contributed by atoms with van der Waals surface area (Å²) in [4.78, 5) is 16.1. The molecule has 0 atom stereocenters. The average Bonchev–Trinajstić information content (AvgIpc) is 2.41. The maximum Gasteiger partial charge on any atom is 0.255 e. The Kier molecular flexibility index (Phi) is 4.55. The molecule has 0 saturated heterocycles. The average molecular weight is 386 g/mol. The summed E-state index contributed by atoms with van der Waals surface area (Å²) in [5.41, 5.74) is 1.16. The molecule has 2 aromatic rings. The Morgan fingerprint density at radius 3 is 2.74 bits per heavy atom. The van der Waals surface area contributed by atoms with Crippen molar-refractivity contribution < 1.29 is 9.53 Å². The third kappa shape index (κ3) is 3.33. The summed E-state index contributed by atoms with van der Waals surface area (Å²) in [5, 5.41) is 2.78. The first kappa shape index (κ1) is 14.0. The van der Waals surface area contributed by atoms with Crippen LogP contribution in [-0.2, 0) is 0 Å². The molecule has 1 amide bonds. The zero-order valence-corrected chi connectivity index (χ0v) is 13.2. The fourth-order valence-corrected chi connectivity index (χ4v) is 2.37. The van der Waals surface area contributed by atoms with Gasteiger partial charge in [0.2, 0.25) is 0 Å². The summed E-state index contributed by atoms with van der Waals surface area (Å²) in [5.74, 6) is 0.469. The molecule has 1 N–H and O–H groups in total. The summed E-state index contributed by atoms with van der Waals surface area (Å²) >= 11 is 6.63. The maximum absolute atomic E-state index is 12.1.